The van der Waals surface area contributed by atoms with Crippen molar-refractivity contribution in [2.24, 2.45) is 0 Å². The van der Waals surface area contributed by atoms with Crippen LogP contribution in [-0.4, -0.2) is 9.78 Å². The molecule has 0 aliphatic rings. The number of nitrogens with two attached hydrogens (primary N) is 1. The first-order chi connectivity index (χ1) is 12.1. The number of anilines is 1. The summed E-state index contributed by atoms with van der Waals surface area (Å²) in [6.07, 6.45) is 0. The molecule has 0 spiro atoms. The van der Waals surface area contributed by atoms with Crippen LogP contribution in [0.5, 0.6) is 5.88 Å². The zero-order chi connectivity index (χ0) is 17.8. The Morgan fingerprint density at radius 1 is 1.12 bits per heavy atom. The van der Waals surface area contributed by atoms with E-state index in [-0.39, 0.29) is 18.1 Å². The molecule has 25 heavy (non-hydrogen) atoms. The fourth-order valence-electron chi connectivity index (χ4n) is 2.38. The topological polar surface area (TPSA) is 76.9 Å². The highest BCUT2D eigenvalue weighted by Crippen LogP contribution is 2.25. The Hall–Kier alpha value is -2.97. The molecular formula is C19H17ClN4O. The molecule has 2 N–H and O–H groups in total. The van der Waals surface area contributed by atoms with Gasteiger partial charge < -0.3 is 10.5 Å². The number of ether oxygens (including phenoxy) is 1. The quantitative estimate of drug-likeness (QED) is 0.754. The minimum Gasteiger partial charge on any atom is -0.471 e. The standard InChI is InChI=1S/C19H17ClN4O/c1-13-2-4-14(5-3-13)11-24-18(22)17(10-21)19(23-24)25-12-15-6-8-16(20)9-7-15/h2-9H,11-12,22H2,1H3. The van der Waals surface area contributed by atoms with E-state index in [2.05, 4.69) is 11.2 Å². The van der Waals surface area contributed by atoms with Gasteiger partial charge in [0.2, 0.25) is 0 Å². The molecule has 1 heterocycles. The number of hydrogen-bond acceptors (Lipinski definition) is 4. The summed E-state index contributed by atoms with van der Waals surface area (Å²) in [4.78, 5) is 0. The average Bonchev–Trinajstić information content (AvgIpc) is 2.91. The Bertz CT molecular complexity index is 908. The van der Waals surface area contributed by atoms with E-state index < -0.39 is 0 Å². The molecule has 0 saturated heterocycles. The van der Waals surface area contributed by atoms with Crippen LogP contribution in [0.1, 0.15) is 22.3 Å². The number of hydrogen-bond donors (Lipinski definition) is 1. The second kappa shape index (κ2) is 7.29. The molecule has 3 aromatic rings. The van der Waals surface area contributed by atoms with E-state index >= 15 is 0 Å². The van der Waals surface area contributed by atoms with Crippen molar-refractivity contribution in [3.05, 3.63) is 75.8 Å². The van der Waals surface area contributed by atoms with Gasteiger partial charge in [0.1, 0.15) is 18.5 Å². The van der Waals surface area contributed by atoms with Gasteiger partial charge in [0.05, 0.1) is 6.54 Å². The van der Waals surface area contributed by atoms with Crippen LogP contribution >= 0.6 is 11.6 Å². The highest BCUT2D eigenvalue weighted by atomic mass is 35.5. The number of aromatic nitrogens is 2. The molecule has 1 aromatic heterocycles. The Labute approximate surface area is 151 Å². The number of rotatable bonds is 5. The fourth-order valence-corrected chi connectivity index (χ4v) is 2.50. The predicted octanol–water partition coefficient (Wildman–Crippen LogP) is 3.93. The number of nitrogen functional groups attached to an aromatic ring is 1. The van der Waals surface area contributed by atoms with E-state index in [1.807, 2.05) is 43.3 Å². The van der Waals surface area contributed by atoms with Crippen molar-refractivity contribution in [1.29, 1.82) is 5.26 Å². The monoisotopic (exact) mass is 352 g/mol. The SMILES string of the molecule is Cc1ccc(Cn2nc(OCc3ccc(Cl)cc3)c(C#N)c2N)cc1. The van der Waals surface area contributed by atoms with Crippen LogP contribution < -0.4 is 10.5 Å². The summed E-state index contributed by atoms with van der Waals surface area (Å²) in [6.45, 7) is 2.79. The lowest BCUT2D eigenvalue weighted by Gasteiger charge is -2.05. The maximum atomic E-state index is 9.37. The van der Waals surface area contributed by atoms with E-state index in [4.69, 9.17) is 22.1 Å². The third kappa shape index (κ3) is 3.93. The van der Waals surface area contributed by atoms with Gasteiger partial charge in [0.25, 0.3) is 5.88 Å². The first-order valence-corrected chi connectivity index (χ1v) is 8.14. The lowest BCUT2D eigenvalue weighted by molar-refractivity contribution is 0.289. The molecule has 0 fully saturated rings. The van der Waals surface area contributed by atoms with Crippen LogP contribution in [-0.2, 0) is 13.2 Å². The predicted molar refractivity (Wildman–Crippen MR) is 97.4 cm³/mol. The zero-order valence-electron chi connectivity index (χ0n) is 13.7. The smallest absolute Gasteiger partial charge is 0.253 e. The number of nitrogens with zero attached hydrogens (tertiary/aromatic N) is 3. The van der Waals surface area contributed by atoms with Crippen LogP contribution in [0.4, 0.5) is 5.82 Å². The summed E-state index contributed by atoms with van der Waals surface area (Å²) in [6, 6.07) is 17.4. The summed E-state index contributed by atoms with van der Waals surface area (Å²) in [7, 11) is 0. The van der Waals surface area contributed by atoms with E-state index in [0.29, 0.717) is 17.4 Å². The van der Waals surface area contributed by atoms with E-state index in [9.17, 15) is 5.26 Å². The molecule has 2 aromatic carbocycles. The number of halogens is 1. The minimum absolute atomic E-state index is 0.238. The molecule has 126 valence electrons. The number of aryl methyl sites for hydroxylation is 1. The van der Waals surface area contributed by atoms with Crippen LogP contribution in [0.15, 0.2) is 48.5 Å². The molecule has 0 aliphatic heterocycles. The Morgan fingerprint density at radius 3 is 2.40 bits per heavy atom. The summed E-state index contributed by atoms with van der Waals surface area (Å²) < 4.78 is 7.28. The summed E-state index contributed by atoms with van der Waals surface area (Å²) in [5.74, 6) is 0.538. The van der Waals surface area contributed by atoms with Crippen molar-refractivity contribution in [1.82, 2.24) is 9.78 Å². The van der Waals surface area contributed by atoms with Gasteiger partial charge in [-0.2, -0.15) is 5.26 Å². The summed E-state index contributed by atoms with van der Waals surface area (Å²) in [5, 5.41) is 14.4. The second-order valence-electron chi connectivity index (χ2n) is 5.74. The number of nitriles is 1. The van der Waals surface area contributed by atoms with Gasteiger partial charge in [-0.25, -0.2) is 4.68 Å². The first kappa shape index (κ1) is 16.9. The minimum atomic E-state index is 0.238. The Balaban J connectivity index is 1.79. The summed E-state index contributed by atoms with van der Waals surface area (Å²) >= 11 is 5.87. The first-order valence-electron chi connectivity index (χ1n) is 7.76. The average molecular weight is 353 g/mol. The van der Waals surface area contributed by atoms with Gasteiger partial charge in [0.15, 0.2) is 5.56 Å². The van der Waals surface area contributed by atoms with E-state index in [1.165, 1.54) is 5.56 Å². The molecule has 6 heteroatoms. The van der Waals surface area contributed by atoms with Gasteiger partial charge in [-0.05, 0) is 30.2 Å². The molecular weight excluding hydrogens is 336 g/mol. The highest BCUT2D eigenvalue weighted by molar-refractivity contribution is 6.30. The third-order valence-electron chi connectivity index (χ3n) is 3.81. The van der Waals surface area contributed by atoms with Gasteiger partial charge in [-0.1, -0.05) is 53.6 Å². The van der Waals surface area contributed by atoms with Crippen molar-refractivity contribution in [2.75, 3.05) is 5.73 Å². The van der Waals surface area contributed by atoms with Gasteiger partial charge >= 0.3 is 0 Å². The van der Waals surface area contributed by atoms with Gasteiger partial charge in [0, 0.05) is 5.02 Å². The molecule has 0 bridgehead atoms. The van der Waals surface area contributed by atoms with Crippen molar-refractivity contribution < 1.29 is 4.74 Å². The molecule has 3 rings (SSSR count). The maximum absolute atomic E-state index is 9.37. The van der Waals surface area contributed by atoms with E-state index in [1.54, 1.807) is 16.8 Å². The molecule has 0 atom stereocenters. The zero-order valence-corrected chi connectivity index (χ0v) is 14.5. The highest BCUT2D eigenvalue weighted by Gasteiger charge is 2.17. The van der Waals surface area contributed by atoms with Crippen LogP contribution in [0, 0.1) is 18.3 Å². The largest absolute Gasteiger partial charge is 0.471 e. The lowest BCUT2D eigenvalue weighted by atomic mass is 10.1. The lowest BCUT2D eigenvalue weighted by Crippen LogP contribution is -2.06. The van der Waals surface area contributed by atoms with Crippen molar-refractivity contribution in [2.45, 2.75) is 20.1 Å². The molecule has 5 nitrogen and oxygen atoms in total. The molecule has 0 unspecified atom stereocenters. The van der Waals surface area contributed by atoms with Crippen molar-refractivity contribution in [3.63, 3.8) is 0 Å². The van der Waals surface area contributed by atoms with Gasteiger partial charge in [-0.15, -0.1) is 5.10 Å². The molecule has 0 aliphatic carbocycles. The van der Waals surface area contributed by atoms with Crippen LogP contribution in [0.25, 0.3) is 0 Å². The Kier molecular flexibility index (Phi) is 4.92. The Morgan fingerprint density at radius 2 is 1.76 bits per heavy atom. The normalized spacial score (nSPS) is 10.4. The maximum Gasteiger partial charge on any atom is 0.253 e. The molecule has 0 radical (unpaired) electrons. The van der Waals surface area contributed by atoms with E-state index in [0.717, 1.165) is 11.1 Å². The van der Waals surface area contributed by atoms with Crippen LogP contribution in [0.3, 0.4) is 0 Å². The fraction of sp³-hybridized carbons (Fsp3) is 0.158. The molecule has 0 saturated carbocycles. The number of benzene rings is 2. The second-order valence-corrected chi connectivity index (χ2v) is 6.17. The molecule has 0 amide bonds. The summed E-state index contributed by atoms with van der Waals surface area (Å²) in [5.41, 5.74) is 9.48. The van der Waals surface area contributed by atoms with Gasteiger partial charge in [-0.3, -0.25) is 0 Å². The van der Waals surface area contributed by atoms with Crippen molar-refractivity contribution in [3.8, 4) is 11.9 Å². The van der Waals surface area contributed by atoms with Crippen LogP contribution in [0.2, 0.25) is 5.02 Å². The third-order valence-corrected chi connectivity index (χ3v) is 4.07. The van der Waals surface area contributed by atoms with Crippen molar-refractivity contribution >= 4 is 17.4 Å².